The lowest BCUT2D eigenvalue weighted by atomic mass is 10.1. The van der Waals surface area contributed by atoms with Crippen LogP contribution in [0.4, 0.5) is 0 Å². The van der Waals surface area contributed by atoms with Gasteiger partial charge in [-0.2, -0.15) is 0 Å². The molecular weight excluding hydrogens is 378 g/mol. The molecule has 1 atom stereocenters. The molecule has 0 radical (unpaired) electrons. The molecule has 0 saturated carbocycles. The molecular formula is C18H24ClNO3S2. The predicted octanol–water partition coefficient (Wildman–Crippen LogP) is 5.00. The summed E-state index contributed by atoms with van der Waals surface area (Å²) >= 11 is 6.81. The summed E-state index contributed by atoms with van der Waals surface area (Å²) < 4.78 is 27.0. The van der Waals surface area contributed by atoms with Gasteiger partial charge in [0, 0.05) is 12.3 Å². The quantitative estimate of drug-likeness (QED) is 0.392. The molecule has 4 nitrogen and oxygen atoms in total. The number of Topliss-reactive ketones (excluding diaryl/α,β-unsaturated/α-hetero) is 1. The summed E-state index contributed by atoms with van der Waals surface area (Å²) in [6.45, 7) is 2.10. The van der Waals surface area contributed by atoms with Crippen LogP contribution in [-0.2, 0) is 14.6 Å². The predicted molar refractivity (Wildman–Crippen MR) is 104 cm³/mol. The van der Waals surface area contributed by atoms with Crippen LogP contribution in [0, 0.1) is 0 Å². The number of fused-ring (bicyclic) bond motifs is 1. The number of para-hydroxylation sites is 1. The Balaban J connectivity index is 2.27. The fourth-order valence-corrected chi connectivity index (χ4v) is 6.07. The topological polar surface area (TPSA) is 64.1 Å². The number of nitrogens with zero attached hydrogens (tertiary/aromatic N) is 1. The van der Waals surface area contributed by atoms with E-state index in [1.54, 1.807) is 6.07 Å². The Hall–Kier alpha value is -0.980. The number of hydrogen-bond acceptors (Lipinski definition) is 5. The monoisotopic (exact) mass is 401 g/mol. The molecule has 1 aromatic carbocycles. The van der Waals surface area contributed by atoms with E-state index in [9.17, 15) is 13.2 Å². The highest BCUT2D eigenvalue weighted by atomic mass is 35.5. The van der Waals surface area contributed by atoms with Crippen molar-refractivity contribution in [2.24, 2.45) is 0 Å². The molecule has 0 fully saturated rings. The second kappa shape index (κ2) is 9.64. The Kier molecular flexibility index (Phi) is 7.84. The van der Waals surface area contributed by atoms with Crippen LogP contribution >= 0.6 is 22.9 Å². The van der Waals surface area contributed by atoms with E-state index < -0.39 is 15.1 Å². The van der Waals surface area contributed by atoms with Crippen molar-refractivity contribution in [1.82, 2.24) is 4.98 Å². The van der Waals surface area contributed by atoms with E-state index in [1.165, 1.54) is 0 Å². The van der Waals surface area contributed by atoms with E-state index in [0.29, 0.717) is 24.2 Å². The zero-order valence-electron chi connectivity index (χ0n) is 14.4. The number of carbonyl (C=O) groups is 1. The molecule has 0 saturated heterocycles. The summed E-state index contributed by atoms with van der Waals surface area (Å²) in [5.41, 5.74) is 0.656. The van der Waals surface area contributed by atoms with Crippen LogP contribution in [-0.4, -0.2) is 30.3 Å². The van der Waals surface area contributed by atoms with E-state index in [0.717, 1.165) is 41.7 Å². The molecule has 0 spiro atoms. The highest BCUT2D eigenvalue weighted by Gasteiger charge is 2.35. The van der Waals surface area contributed by atoms with Gasteiger partial charge in [-0.15, -0.1) is 22.9 Å². The highest BCUT2D eigenvalue weighted by molar-refractivity contribution is 7.94. The number of ketones is 1. The minimum absolute atomic E-state index is 0.0495. The maximum atomic E-state index is 13.1. The first kappa shape index (κ1) is 20.3. The fraction of sp³-hybridized carbons (Fsp3) is 0.556. The average molecular weight is 402 g/mol. The molecule has 138 valence electrons. The Morgan fingerprint density at radius 1 is 1.20 bits per heavy atom. The van der Waals surface area contributed by atoms with Gasteiger partial charge in [-0.3, -0.25) is 4.79 Å². The molecule has 0 aliphatic heterocycles. The summed E-state index contributed by atoms with van der Waals surface area (Å²) in [7, 11) is -3.76. The summed E-state index contributed by atoms with van der Waals surface area (Å²) in [6.07, 6.45) is 4.84. The van der Waals surface area contributed by atoms with Crippen molar-refractivity contribution in [3.8, 4) is 0 Å². The van der Waals surface area contributed by atoms with Crippen molar-refractivity contribution in [2.75, 3.05) is 5.88 Å². The van der Waals surface area contributed by atoms with Crippen LogP contribution in [0.5, 0.6) is 0 Å². The van der Waals surface area contributed by atoms with Crippen molar-refractivity contribution in [3.05, 3.63) is 24.3 Å². The molecule has 0 aliphatic rings. The van der Waals surface area contributed by atoms with Gasteiger partial charge in [0.2, 0.25) is 14.2 Å². The number of aromatic nitrogens is 1. The lowest BCUT2D eigenvalue weighted by Gasteiger charge is -2.15. The van der Waals surface area contributed by atoms with Crippen molar-refractivity contribution in [2.45, 2.75) is 61.5 Å². The Labute approximate surface area is 158 Å². The number of hydrogen-bond donors (Lipinski definition) is 0. The van der Waals surface area contributed by atoms with Crippen LogP contribution in [0.1, 0.15) is 51.9 Å². The van der Waals surface area contributed by atoms with Gasteiger partial charge in [0.25, 0.3) is 0 Å². The van der Waals surface area contributed by atoms with Crippen LogP contribution in [0.15, 0.2) is 28.6 Å². The van der Waals surface area contributed by atoms with Gasteiger partial charge in [0.1, 0.15) is 5.25 Å². The lowest BCUT2D eigenvalue weighted by Crippen LogP contribution is -2.30. The van der Waals surface area contributed by atoms with Gasteiger partial charge >= 0.3 is 0 Å². The standard InChI is InChI=1S/C18H24ClNO3S2/c1-2-3-4-5-12-17(15(21)10-8-13-19)25(22,23)18-20-14-9-6-7-11-16(14)24-18/h6-7,9,11,17H,2-5,8,10,12-13H2,1H3. The van der Waals surface area contributed by atoms with Gasteiger partial charge in [-0.05, 0) is 25.0 Å². The van der Waals surface area contributed by atoms with Crippen LogP contribution in [0.25, 0.3) is 10.2 Å². The largest absolute Gasteiger partial charge is 0.298 e. The number of carbonyl (C=O) groups excluding carboxylic acids is 1. The van der Waals surface area contributed by atoms with Crippen molar-refractivity contribution < 1.29 is 13.2 Å². The van der Waals surface area contributed by atoms with Gasteiger partial charge in [0.15, 0.2) is 5.78 Å². The van der Waals surface area contributed by atoms with Gasteiger partial charge < -0.3 is 0 Å². The third-order valence-corrected chi connectivity index (χ3v) is 8.00. The molecule has 2 rings (SSSR count). The molecule has 7 heteroatoms. The highest BCUT2D eigenvalue weighted by Crippen LogP contribution is 2.30. The van der Waals surface area contributed by atoms with Gasteiger partial charge in [-0.1, -0.05) is 44.7 Å². The number of rotatable bonds is 11. The molecule has 0 N–H and O–H groups in total. The van der Waals surface area contributed by atoms with Crippen molar-refractivity contribution >= 4 is 48.8 Å². The van der Waals surface area contributed by atoms with E-state index in [-0.39, 0.29) is 16.5 Å². The minimum atomic E-state index is -3.76. The third-order valence-electron chi connectivity index (χ3n) is 4.13. The lowest BCUT2D eigenvalue weighted by molar-refractivity contribution is -0.118. The molecule has 2 aromatic rings. The average Bonchev–Trinajstić information content (AvgIpc) is 3.04. The van der Waals surface area contributed by atoms with Crippen LogP contribution < -0.4 is 0 Å². The Morgan fingerprint density at radius 2 is 1.96 bits per heavy atom. The SMILES string of the molecule is CCCCCCC(C(=O)CCCCl)S(=O)(=O)c1nc2ccccc2s1. The maximum absolute atomic E-state index is 13.1. The fourth-order valence-electron chi connectivity index (χ4n) is 2.74. The maximum Gasteiger partial charge on any atom is 0.215 e. The molecule has 1 heterocycles. The summed E-state index contributed by atoms with van der Waals surface area (Å²) in [4.78, 5) is 16.8. The number of benzene rings is 1. The molecule has 0 aliphatic carbocycles. The van der Waals surface area contributed by atoms with E-state index in [4.69, 9.17) is 11.6 Å². The first-order chi connectivity index (χ1) is 12.0. The third kappa shape index (κ3) is 5.25. The second-order valence-corrected chi connectivity index (χ2v) is 9.80. The second-order valence-electron chi connectivity index (χ2n) is 6.09. The molecule has 0 bridgehead atoms. The van der Waals surface area contributed by atoms with E-state index >= 15 is 0 Å². The van der Waals surface area contributed by atoms with Gasteiger partial charge in [0.05, 0.1) is 10.2 Å². The van der Waals surface area contributed by atoms with Crippen molar-refractivity contribution in [1.29, 1.82) is 0 Å². The van der Waals surface area contributed by atoms with Crippen LogP contribution in [0.2, 0.25) is 0 Å². The summed E-state index contributed by atoms with van der Waals surface area (Å²) in [5, 5.41) is -1.01. The normalized spacial score (nSPS) is 13.2. The first-order valence-corrected chi connectivity index (χ1v) is 11.6. The molecule has 0 amide bonds. The van der Waals surface area contributed by atoms with E-state index in [1.807, 2.05) is 18.2 Å². The number of sulfone groups is 1. The Morgan fingerprint density at radius 3 is 2.64 bits per heavy atom. The zero-order chi connectivity index (χ0) is 18.3. The molecule has 1 aromatic heterocycles. The summed E-state index contributed by atoms with van der Waals surface area (Å²) in [5.74, 6) is 0.117. The number of alkyl halides is 1. The number of unbranched alkanes of at least 4 members (excludes halogenated alkanes) is 3. The van der Waals surface area contributed by atoms with Crippen LogP contribution in [0.3, 0.4) is 0 Å². The zero-order valence-corrected chi connectivity index (χ0v) is 16.8. The Bertz CT molecular complexity index is 769. The summed E-state index contributed by atoms with van der Waals surface area (Å²) in [6, 6.07) is 7.31. The van der Waals surface area contributed by atoms with E-state index in [2.05, 4.69) is 11.9 Å². The van der Waals surface area contributed by atoms with Crippen molar-refractivity contribution in [3.63, 3.8) is 0 Å². The molecule has 1 unspecified atom stereocenters. The number of halogens is 1. The number of thiazole rings is 1. The first-order valence-electron chi connectivity index (χ1n) is 8.68. The molecule has 25 heavy (non-hydrogen) atoms. The smallest absolute Gasteiger partial charge is 0.215 e. The minimum Gasteiger partial charge on any atom is -0.298 e. The van der Waals surface area contributed by atoms with Gasteiger partial charge in [-0.25, -0.2) is 13.4 Å².